The number of rotatable bonds is 5. The van der Waals surface area contributed by atoms with E-state index in [-0.39, 0.29) is 35.5 Å². The predicted octanol–water partition coefficient (Wildman–Crippen LogP) is 1.92. The van der Waals surface area contributed by atoms with Crippen LogP contribution in [0.5, 0.6) is 0 Å². The van der Waals surface area contributed by atoms with Gasteiger partial charge in [-0.15, -0.1) is 0 Å². The van der Waals surface area contributed by atoms with Gasteiger partial charge in [0.2, 0.25) is 11.8 Å². The van der Waals surface area contributed by atoms with Crippen molar-refractivity contribution >= 4 is 17.7 Å². The summed E-state index contributed by atoms with van der Waals surface area (Å²) in [5.74, 6) is -1.28. The van der Waals surface area contributed by atoms with Gasteiger partial charge < -0.3 is 20.6 Å². The van der Waals surface area contributed by atoms with Crippen molar-refractivity contribution in [2.45, 2.75) is 44.4 Å². The molecule has 0 unspecified atom stereocenters. The number of amides is 3. The summed E-state index contributed by atoms with van der Waals surface area (Å²) in [7, 11) is 0. The lowest BCUT2D eigenvalue weighted by atomic mass is 9.88. The van der Waals surface area contributed by atoms with E-state index >= 15 is 0 Å². The fourth-order valence-electron chi connectivity index (χ4n) is 7.00. The van der Waals surface area contributed by atoms with Crippen molar-refractivity contribution in [1.82, 2.24) is 15.5 Å². The summed E-state index contributed by atoms with van der Waals surface area (Å²) in [6.45, 7) is 5.11. The highest BCUT2D eigenvalue weighted by molar-refractivity contribution is 6.01. The van der Waals surface area contributed by atoms with E-state index in [9.17, 15) is 24.8 Å². The molecule has 2 aliphatic heterocycles. The summed E-state index contributed by atoms with van der Waals surface area (Å²) < 4.78 is 0. The van der Waals surface area contributed by atoms with Crippen molar-refractivity contribution in [2.75, 3.05) is 13.1 Å². The molecule has 2 heterocycles. The molecule has 190 valence electrons. The third kappa shape index (κ3) is 3.33. The van der Waals surface area contributed by atoms with E-state index in [0.717, 1.165) is 11.1 Å². The molecule has 5 atom stereocenters. The number of benzene rings is 2. The van der Waals surface area contributed by atoms with Crippen LogP contribution in [0.4, 0.5) is 0 Å². The Morgan fingerprint density at radius 3 is 2.35 bits per heavy atom. The first kappa shape index (κ1) is 23.7. The lowest BCUT2D eigenvalue weighted by Crippen LogP contribution is -2.56. The number of hydrogen-bond donors (Lipinski definition) is 3. The van der Waals surface area contributed by atoms with E-state index in [1.807, 2.05) is 24.3 Å². The monoisotopic (exact) mass is 498 g/mol. The molecule has 2 saturated heterocycles. The first-order valence-corrected chi connectivity index (χ1v) is 12.9. The van der Waals surface area contributed by atoms with Crippen LogP contribution in [0.25, 0.3) is 11.1 Å². The molecule has 8 nitrogen and oxygen atoms in total. The topological polar surface area (TPSA) is 123 Å². The largest absolute Gasteiger partial charge is 0.372 e. The Labute approximate surface area is 215 Å². The molecule has 0 bridgehead atoms. The van der Waals surface area contributed by atoms with Crippen LogP contribution in [-0.4, -0.2) is 52.9 Å². The molecule has 8 heteroatoms. The van der Waals surface area contributed by atoms with Crippen molar-refractivity contribution < 1.29 is 19.5 Å². The average Bonchev–Trinajstić information content (AvgIpc) is 3.32. The number of likely N-dealkylation sites (tertiary alicyclic amines) is 1. The molecule has 0 spiro atoms. The smallest absolute Gasteiger partial charge is 0.264 e. The molecule has 0 radical (unpaired) electrons. The Hall–Kier alpha value is -3.70. The minimum atomic E-state index is -1.90. The Morgan fingerprint density at radius 1 is 1.16 bits per heavy atom. The van der Waals surface area contributed by atoms with Crippen molar-refractivity contribution in [3.8, 4) is 17.2 Å². The first-order chi connectivity index (χ1) is 17.7. The van der Waals surface area contributed by atoms with Crippen LogP contribution in [0, 0.1) is 34.5 Å². The van der Waals surface area contributed by atoms with E-state index < -0.39 is 29.5 Å². The number of piperidine rings is 1. The molecular weight excluding hydrogens is 468 g/mol. The second kappa shape index (κ2) is 8.15. The van der Waals surface area contributed by atoms with Crippen LogP contribution < -0.4 is 10.6 Å². The highest BCUT2D eigenvalue weighted by Gasteiger charge is 2.70. The zero-order valence-corrected chi connectivity index (χ0v) is 20.9. The van der Waals surface area contributed by atoms with Gasteiger partial charge in [-0.05, 0) is 41.2 Å². The van der Waals surface area contributed by atoms with Crippen LogP contribution in [0.15, 0.2) is 48.5 Å². The van der Waals surface area contributed by atoms with Gasteiger partial charge in [-0.1, -0.05) is 62.4 Å². The van der Waals surface area contributed by atoms with Crippen LogP contribution in [0.3, 0.4) is 0 Å². The first-order valence-electron chi connectivity index (χ1n) is 12.9. The molecule has 0 aromatic heterocycles. The molecule has 37 heavy (non-hydrogen) atoms. The van der Waals surface area contributed by atoms with Crippen LogP contribution >= 0.6 is 0 Å². The summed E-state index contributed by atoms with van der Waals surface area (Å²) in [4.78, 5) is 41.5. The molecule has 2 aromatic rings. The van der Waals surface area contributed by atoms with Gasteiger partial charge in [0.25, 0.3) is 5.91 Å². The van der Waals surface area contributed by atoms with Crippen molar-refractivity contribution in [1.29, 1.82) is 5.26 Å². The molecule has 3 fully saturated rings. The number of nitriles is 1. The molecule has 4 aliphatic rings. The van der Waals surface area contributed by atoms with Gasteiger partial charge in [-0.3, -0.25) is 14.4 Å². The van der Waals surface area contributed by atoms with E-state index in [2.05, 4.69) is 30.6 Å². The maximum Gasteiger partial charge on any atom is 0.264 e. The predicted molar refractivity (Wildman–Crippen MR) is 134 cm³/mol. The average molecular weight is 499 g/mol. The number of nitrogens with one attached hydrogen (secondary N) is 2. The van der Waals surface area contributed by atoms with E-state index in [1.165, 1.54) is 4.90 Å². The summed E-state index contributed by atoms with van der Waals surface area (Å²) in [5.41, 5.74) is 0.617. The van der Waals surface area contributed by atoms with E-state index in [1.54, 1.807) is 24.3 Å². The van der Waals surface area contributed by atoms with Gasteiger partial charge in [0.1, 0.15) is 12.1 Å². The maximum atomic E-state index is 14.2. The zero-order chi connectivity index (χ0) is 26.1. The minimum Gasteiger partial charge on any atom is -0.372 e. The highest BCUT2D eigenvalue weighted by atomic mass is 16.3. The normalized spacial score (nSPS) is 28.4. The number of fused-ring (bicyclic) bond motifs is 4. The summed E-state index contributed by atoms with van der Waals surface area (Å²) in [6.07, 6.45) is 0.863. The number of aliphatic hydroxyl groups is 1. The SMILES string of the molecule is CC1(C)[C@@H]2[C@H](C(=O)N[C@H](C#N)C[C@@H]3CCNC3=O)N(C(=O)C3(O)c4ccccc4-c4ccccc43)C[C@@H]21. The standard InChI is InChI=1S/C29H30N4O4/c1-28(2)22-15-33(24(23(22)28)26(35)32-17(14-30)13-16-11-12-31-25(16)34)27(36)29(37)20-9-5-3-7-18(20)19-8-4-6-10-21(19)29/h3-10,16-17,22-24,37H,11-13,15H2,1-2H3,(H,31,34)(H,32,35)/t16-,17-,22-,23-,24+/m0/s1. The Bertz CT molecular complexity index is 1320. The second-order valence-corrected chi connectivity index (χ2v) is 11.4. The van der Waals surface area contributed by atoms with Crippen molar-refractivity contribution in [2.24, 2.45) is 23.2 Å². The third-order valence-electron chi connectivity index (χ3n) is 9.13. The fraction of sp³-hybridized carbons (Fsp3) is 0.448. The third-order valence-corrected chi connectivity index (χ3v) is 9.13. The second-order valence-electron chi connectivity index (χ2n) is 11.4. The van der Waals surface area contributed by atoms with Gasteiger partial charge in [0.05, 0.1) is 6.07 Å². The van der Waals surface area contributed by atoms with Crippen LogP contribution in [0.2, 0.25) is 0 Å². The van der Waals surface area contributed by atoms with Crippen molar-refractivity contribution in [3.05, 3.63) is 59.7 Å². The molecule has 2 aromatic carbocycles. The summed E-state index contributed by atoms with van der Waals surface area (Å²) in [6, 6.07) is 15.2. The van der Waals surface area contributed by atoms with Gasteiger partial charge >= 0.3 is 0 Å². The Morgan fingerprint density at radius 2 is 1.78 bits per heavy atom. The number of nitrogens with zero attached hydrogens (tertiary/aromatic N) is 2. The molecule has 3 N–H and O–H groups in total. The quantitative estimate of drug-likeness (QED) is 0.581. The van der Waals surface area contributed by atoms with Crippen molar-refractivity contribution in [3.63, 3.8) is 0 Å². The molecule has 6 rings (SSSR count). The molecule has 3 amide bonds. The molecule has 1 saturated carbocycles. The highest BCUT2D eigenvalue weighted by Crippen LogP contribution is 2.65. The fourth-order valence-corrected chi connectivity index (χ4v) is 7.00. The van der Waals surface area contributed by atoms with Gasteiger partial charge in [0, 0.05) is 30.1 Å². The lowest BCUT2D eigenvalue weighted by molar-refractivity contribution is -0.153. The van der Waals surface area contributed by atoms with Crippen LogP contribution in [0.1, 0.15) is 37.8 Å². The Balaban J connectivity index is 1.31. The van der Waals surface area contributed by atoms with Gasteiger partial charge in [0.15, 0.2) is 5.60 Å². The zero-order valence-electron chi connectivity index (χ0n) is 20.9. The molecular formula is C29H30N4O4. The number of carbonyl (C=O) groups excluding carboxylic acids is 3. The Kier molecular flexibility index (Phi) is 5.22. The summed E-state index contributed by atoms with van der Waals surface area (Å²) >= 11 is 0. The molecule has 2 aliphatic carbocycles. The lowest BCUT2D eigenvalue weighted by Gasteiger charge is -2.36. The number of carbonyl (C=O) groups is 3. The minimum absolute atomic E-state index is 0.0685. The maximum absolute atomic E-state index is 14.2. The summed E-state index contributed by atoms with van der Waals surface area (Å²) in [5, 5.41) is 27.4. The van der Waals surface area contributed by atoms with E-state index in [4.69, 9.17) is 0 Å². The van der Waals surface area contributed by atoms with Gasteiger partial charge in [-0.25, -0.2) is 0 Å². The van der Waals surface area contributed by atoms with Crippen LogP contribution in [-0.2, 0) is 20.0 Å². The van der Waals surface area contributed by atoms with E-state index in [0.29, 0.717) is 30.6 Å². The number of hydrogen-bond acceptors (Lipinski definition) is 5. The van der Waals surface area contributed by atoms with Gasteiger partial charge in [-0.2, -0.15) is 5.26 Å².